The minimum atomic E-state index is -0.914. The SMILES string of the molecule is O=C(COC(=O)[C@@H]1CCCO1)NC(=O)Nc1ccccc1F. The van der Waals surface area contributed by atoms with Crippen molar-refractivity contribution in [2.75, 3.05) is 18.5 Å². The van der Waals surface area contributed by atoms with E-state index in [0.717, 1.165) is 6.42 Å². The van der Waals surface area contributed by atoms with Gasteiger partial charge in [-0.2, -0.15) is 0 Å². The quantitative estimate of drug-likeness (QED) is 0.815. The van der Waals surface area contributed by atoms with E-state index in [0.29, 0.717) is 13.0 Å². The van der Waals surface area contributed by atoms with E-state index >= 15 is 0 Å². The zero-order chi connectivity index (χ0) is 15.9. The number of rotatable bonds is 4. The predicted octanol–water partition coefficient (Wildman–Crippen LogP) is 1.20. The molecule has 22 heavy (non-hydrogen) atoms. The van der Waals surface area contributed by atoms with Gasteiger partial charge in [0.05, 0.1) is 5.69 Å². The molecule has 0 saturated carbocycles. The lowest BCUT2D eigenvalue weighted by molar-refractivity contribution is -0.157. The molecule has 0 bridgehead atoms. The number of carbonyl (C=O) groups is 3. The van der Waals surface area contributed by atoms with Gasteiger partial charge >= 0.3 is 12.0 Å². The number of amides is 3. The van der Waals surface area contributed by atoms with Gasteiger partial charge in [-0.3, -0.25) is 10.1 Å². The van der Waals surface area contributed by atoms with Crippen molar-refractivity contribution in [1.29, 1.82) is 0 Å². The molecule has 1 heterocycles. The molecule has 1 aromatic rings. The fraction of sp³-hybridized carbons (Fsp3) is 0.357. The molecule has 2 rings (SSSR count). The van der Waals surface area contributed by atoms with Gasteiger partial charge in [-0.05, 0) is 25.0 Å². The molecule has 0 aliphatic carbocycles. The highest BCUT2D eigenvalue weighted by atomic mass is 19.1. The highest BCUT2D eigenvalue weighted by Gasteiger charge is 2.25. The summed E-state index contributed by atoms with van der Waals surface area (Å²) in [5.74, 6) is -2.09. The number of hydrogen-bond donors (Lipinski definition) is 2. The van der Waals surface area contributed by atoms with Gasteiger partial charge in [-0.25, -0.2) is 14.0 Å². The highest BCUT2D eigenvalue weighted by molar-refractivity contribution is 6.01. The normalized spacial score (nSPS) is 16.9. The van der Waals surface area contributed by atoms with Crippen LogP contribution in [-0.4, -0.2) is 37.2 Å². The number of urea groups is 1. The lowest BCUT2D eigenvalue weighted by Crippen LogP contribution is -2.38. The highest BCUT2D eigenvalue weighted by Crippen LogP contribution is 2.13. The predicted molar refractivity (Wildman–Crippen MR) is 73.5 cm³/mol. The Kier molecular flexibility index (Phi) is 5.42. The largest absolute Gasteiger partial charge is 0.454 e. The molecule has 0 radical (unpaired) electrons. The van der Waals surface area contributed by atoms with Gasteiger partial charge in [-0.15, -0.1) is 0 Å². The van der Waals surface area contributed by atoms with Crippen LogP contribution in [0, 0.1) is 5.82 Å². The van der Waals surface area contributed by atoms with Crippen molar-refractivity contribution in [2.45, 2.75) is 18.9 Å². The first kappa shape index (κ1) is 15.9. The molecule has 0 aromatic heterocycles. The Balaban J connectivity index is 1.73. The van der Waals surface area contributed by atoms with E-state index < -0.39 is 36.4 Å². The van der Waals surface area contributed by atoms with Crippen LogP contribution in [0.4, 0.5) is 14.9 Å². The third kappa shape index (κ3) is 4.52. The lowest BCUT2D eigenvalue weighted by Gasteiger charge is -2.10. The smallest absolute Gasteiger partial charge is 0.335 e. The Morgan fingerprint density at radius 3 is 2.77 bits per heavy atom. The lowest BCUT2D eigenvalue weighted by atomic mass is 10.2. The molecular weight excluding hydrogens is 295 g/mol. The van der Waals surface area contributed by atoms with Crippen LogP contribution in [0.1, 0.15) is 12.8 Å². The standard InChI is InChI=1S/C14H15FN2O5/c15-9-4-1-2-5-10(9)16-14(20)17-12(18)8-22-13(19)11-6-3-7-21-11/h1-2,4-5,11H,3,6-8H2,(H2,16,17,18,20)/t11-/m0/s1. The number of anilines is 1. The number of nitrogens with one attached hydrogen (secondary N) is 2. The molecule has 8 heteroatoms. The maximum Gasteiger partial charge on any atom is 0.335 e. The first-order valence-corrected chi connectivity index (χ1v) is 6.70. The summed E-state index contributed by atoms with van der Waals surface area (Å²) in [5, 5.41) is 4.10. The Morgan fingerprint density at radius 2 is 2.09 bits per heavy atom. The summed E-state index contributed by atoms with van der Waals surface area (Å²) < 4.78 is 23.1. The van der Waals surface area contributed by atoms with Gasteiger partial charge in [0.2, 0.25) is 0 Å². The molecule has 1 fully saturated rings. The summed E-state index contributed by atoms with van der Waals surface area (Å²) in [7, 11) is 0. The number of benzene rings is 1. The third-order valence-corrected chi connectivity index (χ3v) is 2.91. The summed E-state index contributed by atoms with van der Waals surface area (Å²) in [6.07, 6.45) is 0.658. The van der Waals surface area contributed by atoms with E-state index in [2.05, 4.69) is 5.32 Å². The van der Waals surface area contributed by atoms with Gasteiger partial charge < -0.3 is 14.8 Å². The molecule has 0 unspecified atom stereocenters. The van der Waals surface area contributed by atoms with Crippen molar-refractivity contribution in [3.63, 3.8) is 0 Å². The van der Waals surface area contributed by atoms with Crippen LogP contribution in [0.5, 0.6) is 0 Å². The topological polar surface area (TPSA) is 93.7 Å². The van der Waals surface area contributed by atoms with E-state index in [4.69, 9.17) is 9.47 Å². The molecular formula is C14H15FN2O5. The van der Waals surface area contributed by atoms with Crippen LogP contribution in [0.2, 0.25) is 0 Å². The van der Waals surface area contributed by atoms with Gasteiger partial charge in [0.25, 0.3) is 5.91 Å². The first-order valence-electron chi connectivity index (χ1n) is 6.70. The first-order chi connectivity index (χ1) is 10.6. The van der Waals surface area contributed by atoms with Crippen molar-refractivity contribution >= 4 is 23.6 Å². The van der Waals surface area contributed by atoms with Gasteiger partial charge in [0.1, 0.15) is 5.82 Å². The fourth-order valence-corrected chi connectivity index (χ4v) is 1.87. The summed E-state index contributed by atoms with van der Waals surface area (Å²) in [5.41, 5.74) is -0.0656. The number of halogens is 1. The number of imide groups is 1. The Bertz CT molecular complexity index is 572. The summed E-state index contributed by atoms with van der Waals surface area (Å²) in [4.78, 5) is 34.5. The molecule has 2 N–H and O–H groups in total. The fourth-order valence-electron chi connectivity index (χ4n) is 1.87. The molecule has 1 aliphatic heterocycles. The van der Waals surface area contributed by atoms with Gasteiger partial charge in [0, 0.05) is 6.61 Å². The van der Waals surface area contributed by atoms with Crippen LogP contribution >= 0.6 is 0 Å². The number of hydrogen-bond acceptors (Lipinski definition) is 5. The number of ether oxygens (including phenoxy) is 2. The van der Waals surface area contributed by atoms with Crippen molar-refractivity contribution in [3.8, 4) is 0 Å². The Hall–Kier alpha value is -2.48. The van der Waals surface area contributed by atoms with Gasteiger partial charge in [-0.1, -0.05) is 12.1 Å². The van der Waals surface area contributed by atoms with Crippen molar-refractivity contribution < 1.29 is 28.2 Å². The van der Waals surface area contributed by atoms with Crippen molar-refractivity contribution in [2.24, 2.45) is 0 Å². The van der Waals surface area contributed by atoms with Gasteiger partial charge in [0.15, 0.2) is 12.7 Å². The zero-order valence-corrected chi connectivity index (χ0v) is 11.6. The van der Waals surface area contributed by atoms with Crippen LogP contribution in [0.3, 0.4) is 0 Å². The van der Waals surface area contributed by atoms with Crippen LogP contribution in [0.25, 0.3) is 0 Å². The van der Waals surface area contributed by atoms with Crippen molar-refractivity contribution in [1.82, 2.24) is 5.32 Å². The van der Waals surface area contributed by atoms with E-state index in [1.165, 1.54) is 24.3 Å². The molecule has 1 aliphatic rings. The maximum absolute atomic E-state index is 13.3. The molecule has 0 spiro atoms. The van der Waals surface area contributed by atoms with E-state index in [9.17, 15) is 18.8 Å². The van der Waals surface area contributed by atoms with Crippen LogP contribution in [0.15, 0.2) is 24.3 Å². The second-order valence-corrected chi connectivity index (χ2v) is 4.59. The second-order valence-electron chi connectivity index (χ2n) is 4.59. The minimum absolute atomic E-state index is 0.0656. The monoisotopic (exact) mass is 310 g/mol. The molecule has 1 saturated heterocycles. The summed E-state index contributed by atoms with van der Waals surface area (Å²) in [6, 6.07) is 4.60. The van der Waals surface area contributed by atoms with Crippen LogP contribution in [-0.2, 0) is 19.1 Å². The minimum Gasteiger partial charge on any atom is -0.454 e. The summed E-state index contributed by atoms with van der Waals surface area (Å²) in [6.45, 7) is -0.125. The molecule has 118 valence electrons. The summed E-state index contributed by atoms with van der Waals surface area (Å²) >= 11 is 0. The Labute approximate surface area is 125 Å². The number of esters is 1. The third-order valence-electron chi connectivity index (χ3n) is 2.91. The average molecular weight is 310 g/mol. The van der Waals surface area contributed by atoms with Crippen LogP contribution < -0.4 is 10.6 Å². The maximum atomic E-state index is 13.3. The average Bonchev–Trinajstić information content (AvgIpc) is 3.01. The molecule has 1 aromatic carbocycles. The molecule has 3 amide bonds. The van der Waals surface area contributed by atoms with E-state index in [1.807, 2.05) is 5.32 Å². The number of para-hydroxylation sites is 1. The second kappa shape index (κ2) is 7.51. The molecule has 7 nitrogen and oxygen atoms in total. The van der Waals surface area contributed by atoms with Crippen molar-refractivity contribution in [3.05, 3.63) is 30.1 Å². The van der Waals surface area contributed by atoms with E-state index in [-0.39, 0.29) is 5.69 Å². The van der Waals surface area contributed by atoms with E-state index in [1.54, 1.807) is 0 Å². The number of carbonyl (C=O) groups excluding carboxylic acids is 3. The Morgan fingerprint density at radius 1 is 1.32 bits per heavy atom. The molecule has 1 atom stereocenters. The zero-order valence-electron chi connectivity index (χ0n) is 11.6.